The molecule has 0 bridgehead atoms. The quantitative estimate of drug-likeness (QED) is 0.742. The SMILES string of the molecule is C[C@H](O)c1ccccc1Br.C[C@H](O)c1ccccc1Br. The van der Waals surface area contributed by atoms with E-state index >= 15 is 0 Å². The van der Waals surface area contributed by atoms with E-state index in [-0.39, 0.29) is 0 Å². The van der Waals surface area contributed by atoms with E-state index in [4.69, 9.17) is 0 Å². The Morgan fingerprint density at radius 1 is 0.700 bits per heavy atom. The van der Waals surface area contributed by atoms with Crippen molar-refractivity contribution in [3.63, 3.8) is 0 Å². The second kappa shape index (κ2) is 8.57. The third-order valence-electron chi connectivity index (χ3n) is 2.71. The van der Waals surface area contributed by atoms with Gasteiger partial charge in [0.1, 0.15) is 0 Å². The van der Waals surface area contributed by atoms with E-state index in [1.165, 1.54) is 0 Å². The fourth-order valence-electron chi connectivity index (χ4n) is 1.63. The largest absolute Gasteiger partial charge is 0.389 e. The van der Waals surface area contributed by atoms with Gasteiger partial charge in [0, 0.05) is 8.95 Å². The lowest BCUT2D eigenvalue weighted by Gasteiger charge is -2.05. The molecule has 0 radical (unpaired) electrons. The summed E-state index contributed by atoms with van der Waals surface area (Å²) in [5.41, 5.74) is 1.87. The second-order valence-electron chi connectivity index (χ2n) is 4.39. The Bertz CT molecular complexity index is 490. The van der Waals surface area contributed by atoms with E-state index in [0.717, 1.165) is 20.1 Å². The highest BCUT2D eigenvalue weighted by atomic mass is 79.9. The van der Waals surface area contributed by atoms with Gasteiger partial charge in [-0.3, -0.25) is 0 Å². The van der Waals surface area contributed by atoms with Crippen LogP contribution in [0.25, 0.3) is 0 Å². The van der Waals surface area contributed by atoms with Gasteiger partial charge in [0.15, 0.2) is 0 Å². The molecule has 2 nitrogen and oxygen atoms in total. The predicted octanol–water partition coefficient (Wildman–Crippen LogP) is 5.00. The van der Waals surface area contributed by atoms with E-state index in [1.807, 2.05) is 48.5 Å². The average Bonchev–Trinajstić information content (AvgIpc) is 2.40. The van der Waals surface area contributed by atoms with Crippen LogP contribution < -0.4 is 0 Å². The summed E-state index contributed by atoms with van der Waals surface area (Å²) in [4.78, 5) is 0. The fraction of sp³-hybridized carbons (Fsp3) is 0.250. The first-order valence-corrected chi connectivity index (χ1v) is 7.87. The van der Waals surface area contributed by atoms with Crippen LogP contribution >= 0.6 is 31.9 Å². The number of halogens is 2. The van der Waals surface area contributed by atoms with Crippen LogP contribution in [0, 0.1) is 0 Å². The molecule has 0 spiro atoms. The van der Waals surface area contributed by atoms with Gasteiger partial charge in [-0.2, -0.15) is 0 Å². The summed E-state index contributed by atoms with van der Waals surface area (Å²) in [7, 11) is 0. The molecule has 0 fully saturated rings. The molecule has 0 aliphatic heterocycles. The Hall–Kier alpha value is -0.680. The number of rotatable bonds is 2. The van der Waals surface area contributed by atoms with Gasteiger partial charge in [0.05, 0.1) is 12.2 Å². The lowest BCUT2D eigenvalue weighted by atomic mass is 10.1. The molecule has 108 valence electrons. The first kappa shape index (κ1) is 17.4. The maximum Gasteiger partial charge on any atom is 0.0772 e. The molecule has 0 aliphatic rings. The molecule has 0 saturated carbocycles. The zero-order valence-corrected chi connectivity index (χ0v) is 14.6. The van der Waals surface area contributed by atoms with Crippen molar-refractivity contribution < 1.29 is 10.2 Å². The molecule has 0 amide bonds. The van der Waals surface area contributed by atoms with Crippen LogP contribution in [0.4, 0.5) is 0 Å². The van der Waals surface area contributed by atoms with Crippen molar-refractivity contribution in [2.24, 2.45) is 0 Å². The molecule has 0 saturated heterocycles. The number of hydrogen-bond acceptors (Lipinski definition) is 2. The van der Waals surface area contributed by atoms with E-state index in [0.29, 0.717) is 0 Å². The summed E-state index contributed by atoms with van der Waals surface area (Å²) in [5.74, 6) is 0. The third-order valence-corrected chi connectivity index (χ3v) is 4.15. The number of hydrogen-bond donors (Lipinski definition) is 2. The number of aliphatic hydroxyl groups excluding tert-OH is 2. The summed E-state index contributed by atoms with van der Waals surface area (Å²) >= 11 is 6.67. The minimum absolute atomic E-state index is 0.393. The summed E-state index contributed by atoms with van der Waals surface area (Å²) in [6.07, 6.45) is -0.786. The first-order valence-electron chi connectivity index (χ1n) is 6.28. The van der Waals surface area contributed by atoms with Crippen molar-refractivity contribution in [1.82, 2.24) is 0 Å². The highest BCUT2D eigenvalue weighted by Gasteiger charge is 2.03. The molecule has 0 heterocycles. The Balaban J connectivity index is 0.000000200. The van der Waals surface area contributed by atoms with Gasteiger partial charge >= 0.3 is 0 Å². The molecule has 0 aromatic heterocycles. The highest BCUT2D eigenvalue weighted by molar-refractivity contribution is 9.10. The second-order valence-corrected chi connectivity index (χ2v) is 6.10. The van der Waals surface area contributed by atoms with Crippen molar-refractivity contribution >= 4 is 31.9 Å². The van der Waals surface area contributed by atoms with Crippen LogP contribution in [0.2, 0.25) is 0 Å². The summed E-state index contributed by atoms with van der Waals surface area (Å²) in [6, 6.07) is 15.3. The molecule has 2 N–H and O–H groups in total. The smallest absolute Gasteiger partial charge is 0.0772 e. The molecular formula is C16H18Br2O2. The highest BCUT2D eigenvalue weighted by Crippen LogP contribution is 2.22. The predicted molar refractivity (Wildman–Crippen MR) is 89.6 cm³/mol. The van der Waals surface area contributed by atoms with Crippen LogP contribution in [-0.4, -0.2) is 10.2 Å². The molecule has 4 heteroatoms. The third kappa shape index (κ3) is 5.37. The van der Waals surface area contributed by atoms with E-state index in [9.17, 15) is 10.2 Å². The molecule has 2 aromatic carbocycles. The van der Waals surface area contributed by atoms with E-state index in [1.54, 1.807) is 13.8 Å². The standard InChI is InChI=1S/2C8H9BrO/c2*1-6(10)7-4-2-3-5-8(7)9/h2*2-6,10H,1H3/t2*6-/m00/s1. The van der Waals surface area contributed by atoms with Gasteiger partial charge < -0.3 is 10.2 Å². The van der Waals surface area contributed by atoms with Gasteiger partial charge in [0.2, 0.25) is 0 Å². The zero-order chi connectivity index (χ0) is 15.1. The van der Waals surface area contributed by atoms with Gasteiger partial charge in [-0.15, -0.1) is 0 Å². The number of benzene rings is 2. The van der Waals surface area contributed by atoms with Crippen LogP contribution in [0.1, 0.15) is 37.2 Å². The van der Waals surface area contributed by atoms with Crippen molar-refractivity contribution in [2.75, 3.05) is 0 Å². The Kier molecular flexibility index (Phi) is 7.45. The molecule has 2 atom stereocenters. The zero-order valence-electron chi connectivity index (χ0n) is 11.4. The lowest BCUT2D eigenvalue weighted by Crippen LogP contribution is -1.90. The van der Waals surface area contributed by atoms with Crippen LogP contribution in [0.3, 0.4) is 0 Å². The van der Waals surface area contributed by atoms with Gasteiger partial charge in [0.25, 0.3) is 0 Å². The Morgan fingerprint density at radius 3 is 1.20 bits per heavy atom. The Morgan fingerprint density at radius 2 is 1.00 bits per heavy atom. The molecular weight excluding hydrogens is 384 g/mol. The first-order chi connectivity index (χ1) is 9.43. The lowest BCUT2D eigenvalue weighted by molar-refractivity contribution is 0.198. The van der Waals surface area contributed by atoms with E-state index < -0.39 is 12.2 Å². The van der Waals surface area contributed by atoms with Crippen LogP contribution in [0.15, 0.2) is 57.5 Å². The minimum Gasteiger partial charge on any atom is -0.389 e. The molecule has 2 rings (SSSR count). The van der Waals surface area contributed by atoms with E-state index in [2.05, 4.69) is 31.9 Å². The van der Waals surface area contributed by atoms with Crippen molar-refractivity contribution in [3.8, 4) is 0 Å². The molecule has 20 heavy (non-hydrogen) atoms. The van der Waals surface area contributed by atoms with Crippen LogP contribution in [0.5, 0.6) is 0 Å². The molecule has 2 aromatic rings. The number of aliphatic hydroxyl groups is 2. The summed E-state index contributed by atoms with van der Waals surface area (Å²) in [6.45, 7) is 3.50. The fourth-order valence-corrected chi connectivity index (χ4v) is 2.86. The van der Waals surface area contributed by atoms with Crippen molar-refractivity contribution in [3.05, 3.63) is 68.6 Å². The molecule has 0 aliphatic carbocycles. The topological polar surface area (TPSA) is 40.5 Å². The minimum atomic E-state index is -0.393. The Labute approximate surface area is 136 Å². The monoisotopic (exact) mass is 400 g/mol. The van der Waals surface area contributed by atoms with Gasteiger partial charge in [-0.1, -0.05) is 68.3 Å². The molecule has 0 unspecified atom stereocenters. The average molecular weight is 402 g/mol. The van der Waals surface area contributed by atoms with Crippen molar-refractivity contribution in [2.45, 2.75) is 26.1 Å². The van der Waals surface area contributed by atoms with Crippen LogP contribution in [-0.2, 0) is 0 Å². The summed E-state index contributed by atoms with van der Waals surface area (Å²) < 4.78 is 1.93. The van der Waals surface area contributed by atoms with Gasteiger partial charge in [-0.25, -0.2) is 0 Å². The summed E-state index contributed by atoms with van der Waals surface area (Å²) in [5, 5.41) is 18.3. The maximum absolute atomic E-state index is 9.17. The van der Waals surface area contributed by atoms with Crippen molar-refractivity contribution in [1.29, 1.82) is 0 Å². The maximum atomic E-state index is 9.17. The normalized spacial score (nSPS) is 13.1. The van der Waals surface area contributed by atoms with Gasteiger partial charge in [-0.05, 0) is 37.1 Å².